The van der Waals surface area contributed by atoms with Gasteiger partial charge in [0.15, 0.2) is 5.69 Å². The van der Waals surface area contributed by atoms with Gasteiger partial charge < -0.3 is 9.67 Å². The zero-order valence-electron chi connectivity index (χ0n) is 16.6. The lowest BCUT2D eigenvalue weighted by atomic mass is 10.0. The van der Waals surface area contributed by atoms with Crippen molar-refractivity contribution in [1.82, 2.24) is 14.1 Å². The SMILES string of the molecule is Cn1c(=O)c(-c2ccc(F)cc2)cc2c3cc(-c4nc(C(=O)O)cs4)ccc3n(C)c21. The van der Waals surface area contributed by atoms with E-state index in [1.54, 1.807) is 23.7 Å². The summed E-state index contributed by atoms with van der Waals surface area (Å²) in [5, 5.41) is 13.1. The lowest BCUT2D eigenvalue weighted by Gasteiger charge is -2.08. The molecule has 2 aromatic carbocycles. The number of pyridine rings is 1. The Morgan fingerprint density at radius 2 is 1.71 bits per heavy atom. The molecule has 6 nitrogen and oxygen atoms in total. The van der Waals surface area contributed by atoms with E-state index in [2.05, 4.69) is 4.98 Å². The van der Waals surface area contributed by atoms with Crippen molar-refractivity contribution in [2.24, 2.45) is 14.1 Å². The topological polar surface area (TPSA) is 77.1 Å². The molecule has 0 unspecified atom stereocenters. The van der Waals surface area contributed by atoms with E-state index in [1.807, 2.05) is 35.9 Å². The number of carbonyl (C=O) groups is 1. The van der Waals surface area contributed by atoms with E-state index in [0.717, 1.165) is 27.5 Å². The number of nitrogens with zero attached hydrogens (tertiary/aromatic N) is 3. The Hall–Kier alpha value is -3.78. The highest BCUT2D eigenvalue weighted by atomic mass is 32.1. The van der Waals surface area contributed by atoms with Crippen LogP contribution in [0.5, 0.6) is 0 Å². The molecule has 154 valence electrons. The third-order valence-corrected chi connectivity index (χ3v) is 6.36. The first kappa shape index (κ1) is 19.2. The summed E-state index contributed by atoms with van der Waals surface area (Å²) in [6.45, 7) is 0. The average Bonchev–Trinajstić information content (AvgIpc) is 3.35. The van der Waals surface area contributed by atoms with E-state index in [0.29, 0.717) is 16.1 Å². The molecule has 0 fully saturated rings. The first-order chi connectivity index (χ1) is 14.8. The maximum atomic E-state index is 13.4. The van der Waals surface area contributed by atoms with Gasteiger partial charge in [0.2, 0.25) is 0 Å². The smallest absolute Gasteiger partial charge is 0.355 e. The number of thiazole rings is 1. The fraction of sp³-hybridized carbons (Fsp3) is 0.0870. The van der Waals surface area contributed by atoms with Crippen LogP contribution in [0.15, 0.2) is 58.7 Å². The van der Waals surface area contributed by atoms with E-state index >= 15 is 0 Å². The Labute approximate surface area is 179 Å². The molecule has 3 heterocycles. The molecule has 0 bridgehead atoms. The summed E-state index contributed by atoms with van der Waals surface area (Å²) in [4.78, 5) is 28.4. The van der Waals surface area contributed by atoms with Gasteiger partial charge in [0, 0.05) is 41.4 Å². The van der Waals surface area contributed by atoms with Crippen molar-refractivity contribution in [3.63, 3.8) is 0 Å². The standard InChI is InChI=1S/C23H16FN3O3S/c1-26-19-8-5-13(20-25-18(11-31-20)23(29)30)9-16(19)17-10-15(22(28)27(2)21(17)26)12-3-6-14(24)7-4-12/h3-11H,1-2H3,(H,29,30). The summed E-state index contributed by atoms with van der Waals surface area (Å²) in [6.07, 6.45) is 0. The van der Waals surface area contributed by atoms with Crippen LogP contribution in [0.4, 0.5) is 4.39 Å². The number of carboxylic acid groups (broad SMARTS) is 1. The maximum absolute atomic E-state index is 13.4. The lowest BCUT2D eigenvalue weighted by Crippen LogP contribution is -2.20. The van der Waals surface area contributed by atoms with Crippen molar-refractivity contribution in [2.45, 2.75) is 0 Å². The van der Waals surface area contributed by atoms with Crippen molar-refractivity contribution in [3.05, 3.63) is 75.8 Å². The highest BCUT2D eigenvalue weighted by Crippen LogP contribution is 2.34. The van der Waals surface area contributed by atoms with Gasteiger partial charge in [-0.1, -0.05) is 12.1 Å². The number of halogens is 1. The summed E-state index contributed by atoms with van der Waals surface area (Å²) >= 11 is 1.27. The summed E-state index contributed by atoms with van der Waals surface area (Å²) < 4.78 is 16.9. The molecule has 0 amide bonds. The number of aryl methyl sites for hydroxylation is 2. The van der Waals surface area contributed by atoms with Crippen molar-refractivity contribution in [2.75, 3.05) is 0 Å². The number of hydrogen-bond acceptors (Lipinski definition) is 4. The predicted octanol–water partition coefficient (Wildman–Crippen LogP) is 4.66. The van der Waals surface area contributed by atoms with Crippen LogP contribution >= 0.6 is 11.3 Å². The number of carboxylic acids is 1. The molecule has 0 aliphatic heterocycles. The molecule has 0 aliphatic rings. The van der Waals surface area contributed by atoms with Gasteiger partial charge in [0.1, 0.15) is 16.5 Å². The third kappa shape index (κ3) is 2.95. The fourth-order valence-electron chi connectivity index (χ4n) is 3.96. The first-order valence-corrected chi connectivity index (χ1v) is 10.3. The molecule has 1 N–H and O–H groups in total. The van der Waals surface area contributed by atoms with Gasteiger partial charge in [-0.15, -0.1) is 11.3 Å². The number of benzene rings is 2. The molecule has 8 heteroatoms. The van der Waals surface area contributed by atoms with Crippen LogP contribution in [0.3, 0.4) is 0 Å². The fourth-order valence-corrected chi connectivity index (χ4v) is 4.76. The summed E-state index contributed by atoms with van der Waals surface area (Å²) in [7, 11) is 3.62. The second-order valence-corrected chi connectivity index (χ2v) is 8.16. The molecule has 5 aromatic rings. The predicted molar refractivity (Wildman–Crippen MR) is 119 cm³/mol. The van der Waals surface area contributed by atoms with E-state index in [1.165, 1.54) is 28.8 Å². The first-order valence-electron chi connectivity index (χ1n) is 9.42. The van der Waals surface area contributed by atoms with Gasteiger partial charge in [-0.2, -0.15) is 0 Å². The molecule has 0 radical (unpaired) electrons. The van der Waals surface area contributed by atoms with Gasteiger partial charge >= 0.3 is 5.97 Å². The highest BCUT2D eigenvalue weighted by molar-refractivity contribution is 7.13. The third-order valence-electron chi connectivity index (χ3n) is 5.47. The molecule has 0 spiro atoms. The average molecular weight is 433 g/mol. The minimum atomic E-state index is -1.06. The Morgan fingerprint density at radius 3 is 2.39 bits per heavy atom. The minimum Gasteiger partial charge on any atom is -0.476 e. The number of aromatic carboxylic acids is 1. The van der Waals surface area contributed by atoms with Crippen LogP contribution in [0.1, 0.15) is 10.5 Å². The quantitative estimate of drug-likeness (QED) is 0.449. The molecular formula is C23H16FN3O3S. The number of fused-ring (bicyclic) bond motifs is 3. The molecule has 0 atom stereocenters. The molecule has 0 saturated heterocycles. The van der Waals surface area contributed by atoms with Gasteiger partial charge in [0.05, 0.1) is 5.52 Å². The second-order valence-electron chi connectivity index (χ2n) is 7.30. The van der Waals surface area contributed by atoms with Crippen LogP contribution in [-0.4, -0.2) is 25.2 Å². The van der Waals surface area contributed by atoms with Crippen LogP contribution in [-0.2, 0) is 14.1 Å². The normalized spacial score (nSPS) is 11.5. The zero-order valence-corrected chi connectivity index (χ0v) is 17.4. The molecule has 3 aromatic heterocycles. The molecule has 0 aliphatic carbocycles. The van der Waals surface area contributed by atoms with Crippen LogP contribution in [0.2, 0.25) is 0 Å². The lowest BCUT2D eigenvalue weighted by molar-refractivity contribution is 0.0691. The van der Waals surface area contributed by atoms with Crippen LogP contribution in [0.25, 0.3) is 43.6 Å². The van der Waals surface area contributed by atoms with E-state index in [4.69, 9.17) is 5.11 Å². The van der Waals surface area contributed by atoms with Crippen LogP contribution in [0, 0.1) is 5.82 Å². The van der Waals surface area contributed by atoms with Crippen molar-refractivity contribution in [3.8, 4) is 21.7 Å². The zero-order chi connectivity index (χ0) is 21.9. The summed E-state index contributed by atoms with van der Waals surface area (Å²) in [6, 6.07) is 13.5. The molecule has 5 rings (SSSR count). The summed E-state index contributed by atoms with van der Waals surface area (Å²) in [5.41, 5.74) is 3.46. The van der Waals surface area contributed by atoms with Gasteiger partial charge in [-0.25, -0.2) is 14.2 Å². The van der Waals surface area contributed by atoms with E-state index in [9.17, 15) is 14.0 Å². The summed E-state index contributed by atoms with van der Waals surface area (Å²) in [5.74, 6) is -1.42. The van der Waals surface area contributed by atoms with Crippen molar-refractivity contribution in [1.29, 1.82) is 0 Å². The Bertz CT molecular complexity index is 1560. The Balaban J connectivity index is 1.79. The number of aromatic nitrogens is 3. The Morgan fingerprint density at radius 1 is 1.00 bits per heavy atom. The minimum absolute atomic E-state index is 0.0130. The Kier molecular flexibility index (Phi) is 4.26. The van der Waals surface area contributed by atoms with Gasteiger partial charge in [-0.3, -0.25) is 9.36 Å². The second kappa shape index (κ2) is 6.88. The highest BCUT2D eigenvalue weighted by Gasteiger charge is 2.17. The van der Waals surface area contributed by atoms with E-state index < -0.39 is 5.97 Å². The van der Waals surface area contributed by atoms with Crippen molar-refractivity contribution < 1.29 is 14.3 Å². The molecular weight excluding hydrogens is 417 g/mol. The van der Waals surface area contributed by atoms with Crippen molar-refractivity contribution >= 4 is 39.2 Å². The maximum Gasteiger partial charge on any atom is 0.355 e. The molecule has 0 saturated carbocycles. The largest absolute Gasteiger partial charge is 0.476 e. The molecule has 31 heavy (non-hydrogen) atoms. The number of hydrogen-bond donors (Lipinski definition) is 1. The van der Waals surface area contributed by atoms with Gasteiger partial charge in [-0.05, 0) is 42.0 Å². The number of rotatable bonds is 3. The van der Waals surface area contributed by atoms with E-state index in [-0.39, 0.29) is 17.1 Å². The van der Waals surface area contributed by atoms with Gasteiger partial charge in [0.25, 0.3) is 5.56 Å². The van der Waals surface area contributed by atoms with Crippen LogP contribution < -0.4 is 5.56 Å². The monoisotopic (exact) mass is 433 g/mol.